The summed E-state index contributed by atoms with van der Waals surface area (Å²) in [4.78, 5) is 0. The van der Waals surface area contributed by atoms with Crippen LogP contribution in [0.3, 0.4) is 0 Å². The van der Waals surface area contributed by atoms with Gasteiger partial charge in [0.15, 0.2) is 11.6 Å². The molecule has 13 heavy (non-hydrogen) atoms. The normalized spacial score (nSPS) is 9.15. The number of halogens is 2. The van der Waals surface area contributed by atoms with E-state index in [4.69, 9.17) is 5.73 Å². The lowest BCUT2D eigenvalue weighted by molar-refractivity contribution is 0.510. The number of nitrogens with two attached hydrogens (primary N) is 1. The summed E-state index contributed by atoms with van der Waals surface area (Å²) in [6.07, 6.45) is 0. The molecule has 0 aliphatic carbocycles. The van der Waals surface area contributed by atoms with E-state index in [1.807, 2.05) is 0 Å². The van der Waals surface area contributed by atoms with Crippen LogP contribution in [-0.2, 0) is 0 Å². The molecule has 68 valence electrons. The molecule has 0 unspecified atom stereocenters. The first-order valence-electron chi connectivity index (χ1n) is 3.50. The van der Waals surface area contributed by atoms with E-state index in [-0.39, 0.29) is 11.3 Å². The van der Waals surface area contributed by atoms with Crippen molar-refractivity contribution in [2.45, 2.75) is 0 Å². The van der Waals surface area contributed by atoms with Gasteiger partial charge in [0.05, 0.1) is 17.0 Å². The van der Waals surface area contributed by atoms with Crippen LogP contribution in [0.15, 0.2) is 12.1 Å². The molecule has 0 saturated heterocycles. The van der Waals surface area contributed by atoms with Gasteiger partial charge in [-0.05, 0) is 12.1 Å². The summed E-state index contributed by atoms with van der Waals surface area (Å²) in [6, 6.07) is 2.62. The summed E-state index contributed by atoms with van der Waals surface area (Å²) in [5, 5.41) is 0. The van der Waals surface area contributed by atoms with Crippen molar-refractivity contribution in [1.82, 2.24) is 0 Å². The highest BCUT2D eigenvalue weighted by Gasteiger charge is 2.08. The maximum Gasteiger partial charge on any atom is 0.182 e. The van der Waals surface area contributed by atoms with Gasteiger partial charge in [0.2, 0.25) is 0 Å². The summed E-state index contributed by atoms with van der Waals surface area (Å²) in [7, 11) is 0. The molecule has 0 aromatic heterocycles. The van der Waals surface area contributed by atoms with Crippen molar-refractivity contribution in [1.29, 1.82) is 0 Å². The summed E-state index contributed by atoms with van der Waals surface area (Å²) in [5.74, 6) is 3.19. The fourth-order valence-corrected chi connectivity index (χ4v) is 0.875. The average molecular weight is 199 g/mol. The van der Waals surface area contributed by atoms with Gasteiger partial charge in [-0.2, -0.15) is 12.6 Å². The first kappa shape index (κ1) is 9.87. The largest absolute Gasteiger partial charge is 0.396 e. The Morgan fingerprint density at radius 1 is 1.31 bits per heavy atom. The monoisotopic (exact) mass is 199 g/mol. The van der Waals surface area contributed by atoms with E-state index in [1.54, 1.807) is 0 Å². The molecule has 1 rings (SSSR count). The van der Waals surface area contributed by atoms with E-state index >= 15 is 0 Å². The van der Waals surface area contributed by atoms with E-state index in [9.17, 15) is 8.78 Å². The fraction of sp³-hybridized carbons (Fsp3) is 0.111. The molecule has 0 spiro atoms. The SMILES string of the molecule is Nc1ccc(C#CCS)c(F)c1F. The molecule has 0 atom stereocenters. The zero-order chi connectivity index (χ0) is 9.84. The van der Waals surface area contributed by atoms with Crippen LogP contribution in [0, 0.1) is 23.5 Å². The molecule has 0 aliphatic rings. The van der Waals surface area contributed by atoms with Crippen LogP contribution in [0.1, 0.15) is 5.56 Å². The van der Waals surface area contributed by atoms with Crippen LogP contribution in [0.25, 0.3) is 0 Å². The van der Waals surface area contributed by atoms with Crippen molar-refractivity contribution in [3.63, 3.8) is 0 Å². The standard InChI is InChI=1S/C9H7F2NS/c10-8-6(2-1-5-13)3-4-7(12)9(8)11/h3-4,13H,5,12H2. The zero-order valence-corrected chi connectivity index (χ0v) is 7.54. The van der Waals surface area contributed by atoms with Gasteiger partial charge in [0.1, 0.15) is 0 Å². The van der Waals surface area contributed by atoms with Crippen LogP contribution in [-0.4, -0.2) is 5.75 Å². The topological polar surface area (TPSA) is 26.0 Å². The molecule has 1 aromatic rings. The number of thiol groups is 1. The number of rotatable bonds is 0. The minimum atomic E-state index is -1.05. The van der Waals surface area contributed by atoms with Crippen molar-refractivity contribution in [3.8, 4) is 11.8 Å². The third kappa shape index (κ3) is 2.13. The van der Waals surface area contributed by atoms with Crippen LogP contribution >= 0.6 is 12.6 Å². The highest BCUT2D eigenvalue weighted by molar-refractivity contribution is 7.80. The van der Waals surface area contributed by atoms with Gasteiger partial charge in [-0.25, -0.2) is 8.78 Å². The molecule has 0 bridgehead atoms. The van der Waals surface area contributed by atoms with Gasteiger partial charge >= 0.3 is 0 Å². The van der Waals surface area contributed by atoms with Crippen LogP contribution in [0.4, 0.5) is 14.5 Å². The van der Waals surface area contributed by atoms with Crippen molar-refractivity contribution >= 4 is 18.3 Å². The predicted molar refractivity (Wildman–Crippen MR) is 51.5 cm³/mol. The number of benzene rings is 1. The molecule has 4 heteroatoms. The molecule has 0 aliphatic heterocycles. The molecule has 0 amide bonds. The average Bonchev–Trinajstić information content (AvgIpc) is 2.13. The Morgan fingerprint density at radius 3 is 2.62 bits per heavy atom. The molecule has 0 radical (unpaired) electrons. The second-order valence-corrected chi connectivity index (χ2v) is 2.61. The van der Waals surface area contributed by atoms with E-state index in [0.29, 0.717) is 5.75 Å². The van der Waals surface area contributed by atoms with Gasteiger partial charge < -0.3 is 5.73 Å². The lowest BCUT2D eigenvalue weighted by Gasteiger charge is -1.98. The second kappa shape index (κ2) is 4.15. The van der Waals surface area contributed by atoms with Crippen molar-refractivity contribution in [2.24, 2.45) is 0 Å². The Balaban J connectivity index is 3.18. The fourth-order valence-electron chi connectivity index (χ4n) is 0.796. The van der Waals surface area contributed by atoms with Crippen molar-refractivity contribution in [2.75, 3.05) is 11.5 Å². The summed E-state index contributed by atoms with van der Waals surface area (Å²) >= 11 is 3.82. The van der Waals surface area contributed by atoms with E-state index in [1.165, 1.54) is 12.1 Å². The van der Waals surface area contributed by atoms with E-state index in [2.05, 4.69) is 24.5 Å². The highest BCUT2D eigenvalue weighted by Crippen LogP contribution is 2.16. The molecule has 1 aromatic carbocycles. The van der Waals surface area contributed by atoms with Crippen LogP contribution in [0.2, 0.25) is 0 Å². The minimum Gasteiger partial charge on any atom is -0.396 e. The molecule has 1 nitrogen and oxygen atoms in total. The Morgan fingerprint density at radius 2 is 2.00 bits per heavy atom. The first-order chi connectivity index (χ1) is 6.16. The molecular formula is C9H7F2NS. The van der Waals surface area contributed by atoms with E-state index in [0.717, 1.165) is 0 Å². The maximum absolute atomic E-state index is 13.0. The first-order valence-corrected chi connectivity index (χ1v) is 4.13. The van der Waals surface area contributed by atoms with Gasteiger partial charge in [0.25, 0.3) is 0 Å². The quantitative estimate of drug-likeness (QED) is 0.372. The summed E-state index contributed by atoms with van der Waals surface area (Å²) < 4.78 is 25.8. The Kier molecular flexibility index (Phi) is 3.15. The Labute approximate surface area is 80.4 Å². The minimum absolute atomic E-state index is 0.000694. The highest BCUT2D eigenvalue weighted by atomic mass is 32.1. The smallest absolute Gasteiger partial charge is 0.182 e. The number of hydrogen-bond acceptors (Lipinski definition) is 2. The number of anilines is 1. The van der Waals surface area contributed by atoms with Gasteiger partial charge in [-0.1, -0.05) is 11.8 Å². The third-order valence-corrected chi connectivity index (χ3v) is 1.57. The van der Waals surface area contributed by atoms with Gasteiger partial charge in [0, 0.05) is 0 Å². The molecule has 2 N–H and O–H groups in total. The van der Waals surface area contributed by atoms with Gasteiger partial charge in [-0.15, -0.1) is 0 Å². The maximum atomic E-state index is 13.0. The van der Waals surface area contributed by atoms with Crippen molar-refractivity contribution in [3.05, 3.63) is 29.3 Å². The zero-order valence-electron chi connectivity index (χ0n) is 6.64. The lowest BCUT2D eigenvalue weighted by atomic mass is 10.2. The van der Waals surface area contributed by atoms with Crippen LogP contribution in [0.5, 0.6) is 0 Å². The predicted octanol–water partition coefficient (Wildman–Crippen LogP) is 1.83. The lowest BCUT2D eigenvalue weighted by Crippen LogP contribution is -1.96. The summed E-state index contributed by atoms with van der Waals surface area (Å²) in [5.41, 5.74) is 4.93. The third-order valence-electron chi connectivity index (χ3n) is 1.41. The molecular weight excluding hydrogens is 192 g/mol. The summed E-state index contributed by atoms with van der Waals surface area (Å²) in [6.45, 7) is 0. The Bertz CT molecular complexity index is 379. The molecule has 0 saturated carbocycles. The molecule has 0 heterocycles. The number of nitrogen functional groups attached to an aromatic ring is 1. The Hall–Kier alpha value is -1.21. The number of hydrogen-bond donors (Lipinski definition) is 2. The van der Waals surface area contributed by atoms with Crippen LogP contribution < -0.4 is 5.73 Å². The van der Waals surface area contributed by atoms with Crippen molar-refractivity contribution < 1.29 is 8.78 Å². The molecule has 0 fully saturated rings. The van der Waals surface area contributed by atoms with Gasteiger partial charge in [-0.3, -0.25) is 0 Å². The van der Waals surface area contributed by atoms with E-state index < -0.39 is 11.6 Å². The second-order valence-electron chi connectivity index (χ2n) is 2.29.